The van der Waals surface area contributed by atoms with Crippen LogP contribution in [0.3, 0.4) is 0 Å². The molecule has 0 amide bonds. The highest BCUT2D eigenvalue weighted by Crippen LogP contribution is 2.36. The first-order valence-corrected chi connectivity index (χ1v) is 7.79. The van der Waals surface area contributed by atoms with E-state index in [4.69, 9.17) is 16.1 Å². The van der Waals surface area contributed by atoms with Crippen LogP contribution in [0.2, 0.25) is 5.02 Å². The van der Waals surface area contributed by atoms with Gasteiger partial charge >= 0.3 is 0 Å². The fraction of sp³-hybridized carbons (Fsp3) is 0.533. The second kappa shape index (κ2) is 6.12. The smallest absolute Gasteiger partial charge is 0.234 e. The summed E-state index contributed by atoms with van der Waals surface area (Å²) >= 11 is 6.15. The van der Waals surface area contributed by atoms with Gasteiger partial charge in [-0.25, -0.2) is 0 Å². The van der Waals surface area contributed by atoms with E-state index >= 15 is 0 Å². The van der Waals surface area contributed by atoms with Crippen molar-refractivity contribution in [2.45, 2.75) is 38.0 Å². The Morgan fingerprint density at radius 1 is 1.48 bits per heavy atom. The SMILES string of the molecule is CCCC1(c2nc(-c3ncccc3Cl)no2)CCCNC1. The zero-order valence-electron chi connectivity index (χ0n) is 12.1. The summed E-state index contributed by atoms with van der Waals surface area (Å²) in [5, 5.41) is 8.08. The number of nitrogens with zero attached hydrogens (tertiary/aromatic N) is 3. The lowest BCUT2D eigenvalue weighted by Crippen LogP contribution is -2.43. The highest BCUT2D eigenvalue weighted by Gasteiger charge is 2.38. The second-order valence-corrected chi connectivity index (χ2v) is 5.97. The Morgan fingerprint density at radius 2 is 2.38 bits per heavy atom. The number of rotatable bonds is 4. The van der Waals surface area contributed by atoms with Crippen LogP contribution in [0.1, 0.15) is 38.5 Å². The second-order valence-electron chi connectivity index (χ2n) is 5.57. The topological polar surface area (TPSA) is 63.8 Å². The Labute approximate surface area is 129 Å². The number of aromatic nitrogens is 3. The van der Waals surface area contributed by atoms with Gasteiger partial charge in [0.05, 0.1) is 10.4 Å². The van der Waals surface area contributed by atoms with Crippen LogP contribution in [0.4, 0.5) is 0 Å². The van der Waals surface area contributed by atoms with Crippen LogP contribution < -0.4 is 5.32 Å². The van der Waals surface area contributed by atoms with E-state index in [1.807, 2.05) is 0 Å². The van der Waals surface area contributed by atoms with Crippen molar-refractivity contribution >= 4 is 11.6 Å². The van der Waals surface area contributed by atoms with E-state index in [0.29, 0.717) is 22.4 Å². The molecular formula is C15H19ClN4O. The van der Waals surface area contributed by atoms with Gasteiger partial charge in [0.1, 0.15) is 5.69 Å². The zero-order chi connectivity index (χ0) is 14.7. The molecule has 3 heterocycles. The Morgan fingerprint density at radius 3 is 3.10 bits per heavy atom. The van der Waals surface area contributed by atoms with E-state index in [-0.39, 0.29) is 5.41 Å². The molecule has 0 bridgehead atoms. The number of piperidine rings is 1. The first-order chi connectivity index (χ1) is 10.2. The van der Waals surface area contributed by atoms with Crippen molar-refractivity contribution in [3.63, 3.8) is 0 Å². The number of hydrogen-bond acceptors (Lipinski definition) is 5. The van der Waals surface area contributed by atoms with Crippen LogP contribution in [0.5, 0.6) is 0 Å². The van der Waals surface area contributed by atoms with E-state index in [1.54, 1.807) is 18.3 Å². The molecule has 0 aliphatic carbocycles. The summed E-state index contributed by atoms with van der Waals surface area (Å²) in [6.45, 7) is 4.13. The number of pyridine rings is 1. The molecule has 1 atom stereocenters. The summed E-state index contributed by atoms with van der Waals surface area (Å²) in [6.07, 6.45) is 6.01. The third-order valence-electron chi connectivity index (χ3n) is 4.05. The standard InChI is InChI=1S/C15H19ClN4O/c1-2-6-15(7-4-8-17-10-15)14-19-13(20-21-14)12-11(16)5-3-9-18-12/h3,5,9,17H,2,4,6-8,10H2,1H3. The fourth-order valence-electron chi connectivity index (χ4n) is 3.03. The van der Waals surface area contributed by atoms with Gasteiger partial charge in [-0.1, -0.05) is 30.1 Å². The van der Waals surface area contributed by atoms with Crippen molar-refractivity contribution < 1.29 is 4.52 Å². The highest BCUT2D eigenvalue weighted by atomic mass is 35.5. The first kappa shape index (κ1) is 14.5. The van der Waals surface area contributed by atoms with Crippen molar-refractivity contribution in [1.82, 2.24) is 20.4 Å². The highest BCUT2D eigenvalue weighted by molar-refractivity contribution is 6.32. The van der Waals surface area contributed by atoms with Crippen LogP contribution in [0.15, 0.2) is 22.9 Å². The van der Waals surface area contributed by atoms with Crippen LogP contribution in [-0.4, -0.2) is 28.2 Å². The predicted octanol–water partition coefficient (Wildman–Crippen LogP) is 3.21. The van der Waals surface area contributed by atoms with Gasteiger partial charge in [0.25, 0.3) is 0 Å². The molecule has 6 heteroatoms. The quantitative estimate of drug-likeness (QED) is 0.939. The Bertz CT molecular complexity index is 602. The Hall–Kier alpha value is -1.46. The molecule has 21 heavy (non-hydrogen) atoms. The number of nitrogens with one attached hydrogen (secondary N) is 1. The van der Waals surface area contributed by atoms with Gasteiger partial charge in [0.15, 0.2) is 0 Å². The van der Waals surface area contributed by atoms with Crippen molar-refractivity contribution in [1.29, 1.82) is 0 Å². The third-order valence-corrected chi connectivity index (χ3v) is 4.36. The summed E-state index contributed by atoms with van der Waals surface area (Å²) in [7, 11) is 0. The maximum atomic E-state index is 6.15. The molecule has 5 nitrogen and oxygen atoms in total. The molecule has 0 radical (unpaired) electrons. The molecule has 2 aromatic rings. The summed E-state index contributed by atoms with van der Waals surface area (Å²) in [5.74, 6) is 1.17. The normalized spacial score (nSPS) is 22.4. The monoisotopic (exact) mass is 306 g/mol. The van der Waals surface area contributed by atoms with Crippen LogP contribution in [0.25, 0.3) is 11.5 Å². The van der Waals surface area contributed by atoms with Crippen molar-refractivity contribution in [3.8, 4) is 11.5 Å². The lowest BCUT2D eigenvalue weighted by Gasteiger charge is -2.34. The molecular weight excluding hydrogens is 288 g/mol. The van der Waals surface area contributed by atoms with Crippen molar-refractivity contribution in [3.05, 3.63) is 29.2 Å². The Balaban J connectivity index is 1.94. The molecule has 0 aromatic carbocycles. The van der Waals surface area contributed by atoms with E-state index in [0.717, 1.165) is 38.8 Å². The van der Waals surface area contributed by atoms with Crippen molar-refractivity contribution in [2.24, 2.45) is 0 Å². The average Bonchev–Trinajstić information content (AvgIpc) is 2.99. The van der Waals surface area contributed by atoms with Gasteiger partial charge in [-0.15, -0.1) is 0 Å². The van der Waals surface area contributed by atoms with E-state index < -0.39 is 0 Å². The minimum Gasteiger partial charge on any atom is -0.338 e. The zero-order valence-corrected chi connectivity index (χ0v) is 12.9. The number of hydrogen-bond donors (Lipinski definition) is 1. The fourth-order valence-corrected chi connectivity index (χ4v) is 3.24. The number of halogens is 1. The molecule has 1 saturated heterocycles. The van der Waals surface area contributed by atoms with Crippen LogP contribution in [-0.2, 0) is 5.41 Å². The lowest BCUT2D eigenvalue weighted by atomic mass is 9.77. The van der Waals surface area contributed by atoms with Crippen LogP contribution >= 0.6 is 11.6 Å². The molecule has 1 N–H and O–H groups in total. The molecule has 2 aromatic heterocycles. The summed E-state index contributed by atoms with van der Waals surface area (Å²) in [5.41, 5.74) is 0.518. The minimum atomic E-state index is -0.0560. The minimum absolute atomic E-state index is 0.0560. The molecule has 0 spiro atoms. The van der Waals surface area contributed by atoms with E-state index in [9.17, 15) is 0 Å². The first-order valence-electron chi connectivity index (χ1n) is 7.41. The maximum absolute atomic E-state index is 6.15. The molecule has 0 saturated carbocycles. The average molecular weight is 307 g/mol. The molecule has 3 rings (SSSR count). The largest absolute Gasteiger partial charge is 0.338 e. The predicted molar refractivity (Wildman–Crippen MR) is 81.2 cm³/mol. The van der Waals surface area contributed by atoms with Gasteiger partial charge in [0, 0.05) is 12.7 Å². The van der Waals surface area contributed by atoms with Gasteiger partial charge < -0.3 is 9.84 Å². The van der Waals surface area contributed by atoms with Gasteiger partial charge in [0.2, 0.25) is 11.7 Å². The lowest BCUT2D eigenvalue weighted by molar-refractivity contribution is 0.213. The third kappa shape index (κ3) is 2.80. The van der Waals surface area contributed by atoms with E-state index in [2.05, 4.69) is 27.4 Å². The maximum Gasteiger partial charge on any atom is 0.234 e. The van der Waals surface area contributed by atoms with Crippen LogP contribution in [0, 0.1) is 0 Å². The summed E-state index contributed by atoms with van der Waals surface area (Å²) in [6, 6.07) is 3.57. The molecule has 1 fully saturated rings. The molecule has 1 unspecified atom stereocenters. The summed E-state index contributed by atoms with van der Waals surface area (Å²) in [4.78, 5) is 8.83. The van der Waals surface area contributed by atoms with E-state index in [1.165, 1.54) is 0 Å². The molecule has 1 aliphatic heterocycles. The molecule has 112 valence electrons. The summed E-state index contributed by atoms with van der Waals surface area (Å²) < 4.78 is 5.57. The van der Waals surface area contributed by atoms with Gasteiger partial charge in [-0.05, 0) is 37.9 Å². The Kier molecular flexibility index (Phi) is 4.22. The molecule has 1 aliphatic rings. The van der Waals surface area contributed by atoms with Gasteiger partial charge in [-0.2, -0.15) is 4.98 Å². The van der Waals surface area contributed by atoms with Crippen molar-refractivity contribution in [2.75, 3.05) is 13.1 Å². The van der Waals surface area contributed by atoms with Gasteiger partial charge in [-0.3, -0.25) is 4.98 Å².